The van der Waals surface area contributed by atoms with Gasteiger partial charge in [0, 0.05) is 21.3 Å². The van der Waals surface area contributed by atoms with E-state index in [1.165, 1.54) is 21.3 Å². The first-order chi connectivity index (χ1) is 7.07. The molecule has 0 saturated heterocycles. The molecule has 8 heteroatoms. The average molecular weight is 249 g/mol. The maximum atomic E-state index is 10.9. The van der Waals surface area contributed by atoms with Gasteiger partial charge in [0.05, 0.1) is 11.4 Å². The van der Waals surface area contributed by atoms with E-state index >= 15 is 0 Å². The van der Waals surface area contributed by atoms with Crippen LogP contribution in [0.15, 0.2) is 16.4 Å². The first-order valence-corrected chi connectivity index (χ1v) is 5.87. The van der Waals surface area contributed by atoms with Crippen molar-refractivity contribution in [2.24, 2.45) is 4.99 Å². The third-order valence-corrected chi connectivity index (χ3v) is 4.33. The summed E-state index contributed by atoms with van der Waals surface area (Å²) in [5, 5.41) is 10.8. The SMILES string of the molecule is CO[Si](OC)(OC)C(=CN=C=S)C(=O)O. The molecule has 0 spiro atoms. The van der Waals surface area contributed by atoms with Crippen molar-refractivity contribution in [2.75, 3.05) is 21.3 Å². The van der Waals surface area contributed by atoms with Gasteiger partial charge in [-0.25, -0.2) is 9.79 Å². The standard InChI is InChI=1S/C7H11NO5SSi/c1-11-15(12-2,13-3)6(7(9)10)4-8-5-14/h4H,1-3H3,(H,9,10). The molecule has 1 N–H and O–H groups in total. The third-order valence-electron chi connectivity index (χ3n) is 1.61. The fraction of sp³-hybridized carbons (Fsp3) is 0.429. The molecule has 15 heavy (non-hydrogen) atoms. The van der Waals surface area contributed by atoms with Crippen LogP contribution in [0, 0.1) is 0 Å². The zero-order valence-corrected chi connectivity index (χ0v) is 10.3. The van der Waals surface area contributed by atoms with Crippen molar-refractivity contribution in [3.05, 3.63) is 11.4 Å². The van der Waals surface area contributed by atoms with Crippen LogP contribution in [0.3, 0.4) is 0 Å². The summed E-state index contributed by atoms with van der Waals surface area (Å²) in [7, 11) is 0.542. The molecule has 0 atom stereocenters. The van der Waals surface area contributed by atoms with Crippen molar-refractivity contribution in [3.8, 4) is 0 Å². The Kier molecular flexibility index (Phi) is 6.17. The number of aliphatic carboxylic acids is 1. The minimum atomic E-state index is -3.37. The summed E-state index contributed by atoms with van der Waals surface area (Å²) in [5.41, 5.74) is 0. The molecule has 0 aliphatic carbocycles. The number of hydrogen-bond acceptors (Lipinski definition) is 6. The fourth-order valence-electron chi connectivity index (χ4n) is 0.936. The molecule has 0 radical (unpaired) electrons. The van der Waals surface area contributed by atoms with E-state index in [2.05, 4.69) is 17.2 Å². The average Bonchev–Trinajstić information content (AvgIpc) is 2.24. The van der Waals surface area contributed by atoms with Crippen molar-refractivity contribution in [1.82, 2.24) is 0 Å². The highest BCUT2D eigenvalue weighted by molar-refractivity contribution is 7.78. The monoisotopic (exact) mass is 249 g/mol. The first-order valence-electron chi connectivity index (χ1n) is 3.74. The van der Waals surface area contributed by atoms with Gasteiger partial charge in [0.1, 0.15) is 5.20 Å². The summed E-state index contributed by atoms with van der Waals surface area (Å²) in [5.74, 6) is -1.23. The van der Waals surface area contributed by atoms with E-state index < -0.39 is 14.8 Å². The molecule has 6 nitrogen and oxygen atoms in total. The summed E-state index contributed by atoms with van der Waals surface area (Å²) < 4.78 is 14.9. The summed E-state index contributed by atoms with van der Waals surface area (Å²) in [4.78, 5) is 14.4. The lowest BCUT2D eigenvalue weighted by molar-refractivity contribution is -0.132. The highest BCUT2D eigenvalue weighted by atomic mass is 32.1. The zero-order valence-electron chi connectivity index (χ0n) is 8.51. The molecule has 0 aliphatic rings. The van der Waals surface area contributed by atoms with Crippen molar-refractivity contribution in [1.29, 1.82) is 0 Å². The molecule has 0 aromatic rings. The van der Waals surface area contributed by atoms with E-state index in [-0.39, 0.29) is 5.20 Å². The molecule has 0 amide bonds. The van der Waals surface area contributed by atoms with Crippen LogP contribution in [-0.2, 0) is 18.1 Å². The van der Waals surface area contributed by atoms with Crippen LogP contribution in [0.2, 0.25) is 0 Å². The van der Waals surface area contributed by atoms with Crippen LogP contribution >= 0.6 is 12.2 Å². The number of carboxylic acid groups (broad SMARTS) is 1. The first kappa shape index (κ1) is 14.1. The molecule has 0 heterocycles. The Hall–Kier alpha value is -0.893. The fourth-order valence-corrected chi connectivity index (χ4v) is 2.63. The Morgan fingerprint density at radius 3 is 2.13 bits per heavy atom. The van der Waals surface area contributed by atoms with Crippen LogP contribution in [0.1, 0.15) is 0 Å². The molecule has 0 unspecified atom stereocenters. The number of aliphatic imine (C=N–C) groups is 1. The second-order valence-electron chi connectivity index (χ2n) is 2.24. The molecule has 0 aromatic heterocycles. The number of isothiocyanates is 1. The second kappa shape index (κ2) is 6.56. The summed E-state index contributed by atoms with van der Waals surface area (Å²) in [6.45, 7) is 0. The van der Waals surface area contributed by atoms with Crippen LogP contribution in [0.25, 0.3) is 0 Å². The van der Waals surface area contributed by atoms with Gasteiger partial charge >= 0.3 is 14.8 Å². The van der Waals surface area contributed by atoms with E-state index in [0.717, 1.165) is 6.20 Å². The molecule has 0 rings (SSSR count). The van der Waals surface area contributed by atoms with E-state index in [9.17, 15) is 4.79 Å². The van der Waals surface area contributed by atoms with Crippen LogP contribution in [0.4, 0.5) is 0 Å². The minimum Gasteiger partial charge on any atom is -0.478 e. The zero-order chi connectivity index (χ0) is 11.9. The Bertz CT molecular complexity index is 300. The maximum Gasteiger partial charge on any atom is 0.545 e. The van der Waals surface area contributed by atoms with Gasteiger partial charge in [-0.15, -0.1) is 0 Å². The van der Waals surface area contributed by atoms with Crippen LogP contribution in [-0.4, -0.2) is 46.4 Å². The Morgan fingerprint density at radius 2 is 1.87 bits per heavy atom. The molecule has 0 aliphatic heterocycles. The summed E-state index contributed by atoms with van der Waals surface area (Å²) >= 11 is 4.33. The smallest absolute Gasteiger partial charge is 0.478 e. The number of hydrogen-bond donors (Lipinski definition) is 1. The van der Waals surface area contributed by atoms with Gasteiger partial charge in [-0.1, -0.05) is 0 Å². The molecule has 0 saturated carbocycles. The third kappa shape index (κ3) is 3.31. The quantitative estimate of drug-likeness (QED) is 0.319. The Labute approximate surface area is 93.5 Å². The van der Waals surface area contributed by atoms with Crippen molar-refractivity contribution in [3.63, 3.8) is 0 Å². The minimum absolute atomic E-state index is 0.202. The molecule has 0 fully saturated rings. The topological polar surface area (TPSA) is 77.3 Å². The van der Waals surface area contributed by atoms with Gasteiger partial charge in [0.25, 0.3) is 0 Å². The Morgan fingerprint density at radius 1 is 1.40 bits per heavy atom. The largest absolute Gasteiger partial charge is 0.545 e. The number of nitrogens with zero attached hydrogens (tertiary/aromatic N) is 1. The van der Waals surface area contributed by atoms with Gasteiger partial charge in [-0.2, -0.15) is 0 Å². The lowest BCUT2D eigenvalue weighted by Gasteiger charge is -2.23. The van der Waals surface area contributed by atoms with Gasteiger partial charge < -0.3 is 18.4 Å². The van der Waals surface area contributed by atoms with E-state index in [1.54, 1.807) is 0 Å². The van der Waals surface area contributed by atoms with E-state index in [0.29, 0.717) is 0 Å². The predicted molar refractivity (Wildman–Crippen MR) is 57.5 cm³/mol. The predicted octanol–water partition coefficient (Wildman–Crippen LogP) is 0.475. The lowest BCUT2D eigenvalue weighted by atomic mass is 10.6. The van der Waals surface area contributed by atoms with Gasteiger partial charge in [-0.3, -0.25) is 0 Å². The number of carbonyl (C=O) groups is 1. The molecule has 0 aromatic carbocycles. The Balaban J connectivity index is 5.37. The highest BCUT2D eigenvalue weighted by Gasteiger charge is 2.47. The summed E-state index contributed by atoms with van der Waals surface area (Å²) in [6.07, 6.45) is 1.01. The molecular weight excluding hydrogens is 238 g/mol. The second-order valence-corrected chi connectivity index (χ2v) is 5.30. The van der Waals surface area contributed by atoms with Gasteiger partial charge in [0.2, 0.25) is 0 Å². The number of carboxylic acids is 1. The van der Waals surface area contributed by atoms with Crippen molar-refractivity contribution >= 4 is 32.2 Å². The van der Waals surface area contributed by atoms with Crippen molar-refractivity contribution < 1.29 is 23.2 Å². The van der Waals surface area contributed by atoms with Crippen LogP contribution in [0.5, 0.6) is 0 Å². The van der Waals surface area contributed by atoms with Crippen LogP contribution < -0.4 is 0 Å². The van der Waals surface area contributed by atoms with E-state index in [1.807, 2.05) is 5.16 Å². The van der Waals surface area contributed by atoms with Gasteiger partial charge in [-0.05, 0) is 12.2 Å². The van der Waals surface area contributed by atoms with Gasteiger partial charge in [0.15, 0.2) is 0 Å². The maximum absolute atomic E-state index is 10.9. The molecule has 0 bridgehead atoms. The molecular formula is C7H11NO5SSi. The normalized spacial score (nSPS) is 12.1. The molecule has 84 valence electrons. The lowest BCUT2D eigenvalue weighted by Crippen LogP contribution is -2.48. The van der Waals surface area contributed by atoms with E-state index in [4.69, 9.17) is 18.4 Å². The highest BCUT2D eigenvalue weighted by Crippen LogP contribution is 2.17. The summed E-state index contributed by atoms with van der Waals surface area (Å²) in [6, 6.07) is 0. The van der Waals surface area contributed by atoms with Crippen molar-refractivity contribution in [2.45, 2.75) is 0 Å². The number of rotatable bonds is 6. The number of thiocarbonyl (C=S) groups is 1.